The minimum atomic E-state index is -0.491. The molecule has 0 unspecified atom stereocenters. The van der Waals surface area contributed by atoms with Crippen LogP contribution in [0, 0.1) is 12.7 Å². The summed E-state index contributed by atoms with van der Waals surface area (Å²) in [7, 11) is 0. The minimum Gasteiger partial charge on any atom is -0.368 e. The van der Waals surface area contributed by atoms with Gasteiger partial charge >= 0.3 is 0 Å². The number of nitrogens with zero attached hydrogens (tertiary/aromatic N) is 5. The van der Waals surface area contributed by atoms with E-state index in [1.54, 1.807) is 13.1 Å². The van der Waals surface area contributed by atoms with Crippen LogP contribution in [0.1, 0.15) is 5.82 Å². The zero-order chi connectivity index (χ0) is 20.8. The molecule has 4 heterocycles. The van der Waals surface area contributed by atoms with Crippen molar-refractivity contribution in [1.82, 2.24) is 30.1 Å². The predicted octanol–water partition coefficient (Wildman–Crippen LogP) is 3.20. The standard InChI is InChI=1S/C19H19ClF2N8/c1-10-24-19-15(22)4-11(9-30(19)28-10)25-18-17-14(20)5-13(6-16(17)26-27-18)29-3-2-23-12(7-21)8-29/h4-6,9,12,23H,2-3,7-8H2,1H3,(H2,25,26,27)/t12-/m0/s1. The molecular weight excluding hydrogens is 414 g/mol. The number of hydrogen-bond acceptors (Lipinski definition) is 6. The third-order valence-electron chi connectivity index (χ3n) is 5.16. The van der Waals surface area contributed by atoms with Gasteiger partial charge in [0.1, 0.15) is 12.5 Å². The van der Waals surface area contributed by atoms with Crippen molar-refractivity contribution >= 4 is 45.3 Å². The molecule has 1 aliphatic rings. The van der Waals surface area contributed by atoms with E-state index in [9.17, 15) is 8.78 Å². The van der Waals surface area contributed by atoms with Gasteiger partial charge in [-0.1, -0.05) is 11.6 Å². The quantitative estimate of drug-likeness (QED) is 0.459. The molecule has 0 aliphatic carbocycles. The normalized spacial score (nSPS) is 17.2. The van der Waals surface area contributed by atoms with Crippen molar-refractivity contribution in [3.63, 3.8) is 0 Å². The maximum Gasteiger partial charge on any atom is 0.191 e. The van der Waals surface area contributed by atoms with Gasteiger partial charge in [-0.2, -0.15) is 10.2 Å². The number of pyridine rings is 1. The average molecular weight is 433 g/mol. The van der Waals surface area contributed by atoms with Crippen LogP contribution < -0.4 is 15.5 Å². The van der Waals surface area contributed by atoms with Gasteiger partial charge < -0.3 is 15.5 Å². The predicted molar refractivity (Wildman–Crippen MR) is 112 cm³/mol. The van der Waals surface area contributed by atoms with Crippen LogP contribution in [-0.2, 0) is 0 Å². The second-order valence-electron chi connectivity index (χ2n) is 7.30. The van der Waals surface area contributed by atoms with Crippen molar-refractivity contribution in [2.45, 2.75) is 13.0 Å². The fourth-order valence-corrected chi connectivity index (χ4v) is 4.09. The third-order valence-corrected chi connectivity index (χ3v) is 5.46. The molecule has 3 N–H and O–H groups in total. The fourth-order valence-electron chi connectivity index (χ4n) is 3.79. The summed E-state index contributed by atoms with van der Waals surface area (Å²) in [5, 5.41) is 18.9. The van der Waals surface area contributed by atoms with Crippen LogP contribution in [0.15, 0.2) is 24.4 Å². The molecule has 4 aromatic rings. The van der Waals surface area contributed by atoms with Crippen LogP contribution in [-0.4, -0.2) is 57.1 Å². The van der Waals surface area contributed by atoms with E-state index in [2.05, 4.69) is 35.8 Å². The Labute approximate surface area is 175 Å². The second-order valence-corrected chi connectivity index (χ2v) is 7.71. The Balaban J connectivity index is 1.48. The van der Waals surface area contributed by atoms with Gasteiger partial charge in [-0.3, -0.25) is 5.10 Å². The number of hydrogen-bond donors (Lipinski definition) is 3. The largest absolute Gasteiger partial charge is 0.368 e. The van der Waals surface area contributed by atoms with E-state index in [4.69, 9.17) is 11.6 Å². The summed E-state index contributed by atoms with van der Waals surface area (Å²) >= 11 is 6.58. The molecule has 8 nitrogen and oxygen atoms in total. The molecule has 1 atom stereocenters. The topological polar surface area (TPSA) is 86.2 Å². The molecule has 156 valence electrons. The Kier molecular flexibility index (Phi) is 4.67. The van der Waals surface area contributed by atoms with Crippen molar-refractivity contribution in [2.24, 2.45) is 0 Å². The molecule has 3 aromatic heterocycles. The van der Waals surface area contributed by atoms with Crippen LogP contribution in [0.2, 0.25) is 5.02 Å². The highest BCUT2D eigenvalue weighted by atomic mass is 35.5. The number of aromatic nitrogens is 5. The van der Waals surface area contributed by atoms with E-state index in [0.717, 1.165) is 17.7 Å². The Morgan fingerprint density at radius 3 is 3.03 bits per heavy atom. The lowest BCUT2D eigenvalue weighted by Crippen LogP contribution is -2.51. The number of halogens is 3. The molecule has 0 saturated carbocycles. The van der Waals surface area contributed by atoms with E-state index in [0.29, 0.717) is 40.8 Å². The first-order valence-electron chi connectivity index (χ1n) is 9.53. The number of aryl methyl sites for hydroxylation is 1. The van der Waals surface area contributed by atoms with Crippen molar-refractivity contribution < 1.29 is 8.78 Å². The first kappa shape index (κ1) is 19.0. The highest BCUT2D eigenvalue weighted by Crippen LogP contribution is 2.35. The summed E-state index contributed by atoms with van der Waals surface area (Å²) < 4.78 is 28.8. The molecule has 5 rings (SSSR count). The molecule has 0 amide bonds. The third kappa shape index (κ3) is 3.31. The van der Waals surface area contributed by atoms with Gasteiger partial charge in [0.05, 0.1) is 33.9 Å². The van der Waals surface area contributed by atoms with E-state index in [1.807, 2.05) is 12.1 Å². The van der Waals surface area contributed by atoms with Gasteiger partial charge in [-0.15, -0.1) is 0 Å². The number of fused-ring (bicyclic) bond motifs is 2. The van der Waals surface area contributed by atoms with E-state index in [-0.39, 0.29) is 11.7 Å². The molecule has 1 fully saturated rings. The smallest absolute Gasteiger partial charge is 0.191 e. The zero-order valence-corrected chi connectivity index (χ0v) is 16.8. The summed E-state index contributed by atoms with van der Waals surface area (Å²) in [6.45, 7) is 3.31. The van der Waals surface area contributed by atoms with Crippen molar-refractivity contribution in [2.75, 3.05) is 36.5 Å². The van der Waals surface area contributed by atoms with Gasteiger partial charge in [-0.05, 0) is 19.1 Å². The Bertz CT molecular complexity index is 1240. The first-order chi connectivity index (χ1) is 14.5. The summed E-state index contributed by atoms with van der Waals surface area (Å²) in [4.78, 5) is 6.15. The zero-order valence-electron chi connectivity index (χ0n) is 16.1. The molecule has 30 heavy (non-hydrogen) atoms. The van der Waals surface area contributed by atoms with Gasteiger partial charge in [0.15, 0.2) is 17.3 Å². The molecule has 0 spiro atoms. The molecule has 1 aromatic carbocycles. The molecule has 1 aliphatic heterocycles. The van der Waals surface area contributed by atoms with Crippen molar-refractivity contribution in [3.05, 3.63) is 41.1 Å². The maximum atomic E-state index is 14.3. The lowest BCUT2D eigenvalue weighted by atomic mass is 10.1. The number of rotatable bonds is 4. The van der Waals surface area contributed by atoms with E-state index >= 15 is 0 Å². The van der Waals surface area contributed by atoms with Gasteiger partial charge in [-0.25, -0.2) is 18.3 Å². The summed E-state index contributed by atoms with van der Waals surface area (Å²) in [5.74, 6) is 0.462. The van der Waals surface area contributed by atoms with E-state index in [1.165, 1.54) is 10.6 Å². The first-order valence-corrected chi connectivity index (χ1v) is 9.91. The molecular formula is C19H19ClF2N8. The monoisotopic (exact) mass is 432 g/mol. The lowest BCUT2D eigenvalue weighted by molar-refractivity contribution is 0.353. The number of benzene rings is 1. The van der Waals surface area contributed by atoms with Crippen molar-refractivity contribution in [1.29, 1.82) is 0 Å². The molecule has 11 heteroatoms. The minimum absolute atomic E-state index is 0.162. The highest BCUT2D eigenvalue weighted by molar-refractivity contribution is 6.36. The fraction of sp³-hybridized carbons (Fsp3) is 0.316. The number of nitrogens with one attached hydrogen (secondary N) is 3. The molecule has 1 saturated heterocycles. The van der Waals surface area contributed by atoms with Crippen LogP contribution in [0.3, 0.4) is 0 Å². The van der Waals surface area contributed by atoms with Gasteiger partial charge in [0, 0.05) is 31.4 Å². The van der Waals surface area contributed by atoms with E-state index < -0.39 is 12.5 Å². The Morgan fingerprint density at radius 2 is 2.20 bits per heavy atom. The lowest BCUT2D eigenvalue weighted by Gasteiger charge is -2.34. The molecule has 0 radical (unpaired) electrons. The van der Waals surface area contributed by atoms with Crippen LogP contribution in [0.25, 0.3) is 16.6 Å². The Morgan fingerprint density at radius 1 is 1.33 bits per heavy atom. The average Bonchev–Trinajstić information content (AvgIpc) is 3.31. The van der Waals surface area contributed by atoms with Gasteiger partial charge in [0.2, 0.25) is 0 Å². The number of anilines is 3. The van der Waals surface area contributed by atoms with Crippen molar-refractivity contribution in [3.8, 4) is 0 Å². The summed E-state index contributed by atoms with van der Waals surface area (Å²) in [6.07, 6.45) is 1.64. The second kappa shape index (κ2) is 7.37. The SMILES string of the molecule is Cc1nc2c(F)cc(Nc3n[nH]c4cc(N5CCN[C@@H](CF)C5)cc(Cl)c34)cn2n1. The van der Waals surface area contributed by atoms with Crippen LogP contribution in [0.4, 0.5) is 26.0 Å². The number of aromatic amines is 1. The highest BCUT2D eigenvalue weighted by Gasteiger charge is 2.21. The van der Waals surface area contributed by atoms with Crippen LogP contribution >= 0.6 is 11.6 Å². The number of piperazine rings is 1. The number of H-pyrrole nitrogens is 1. The summed E-state index contributed by atoms with van der Waals surface area (Å²) in [5.41, 5.74) is 2.25. The maximum absolute atomic E-state index is 14.3. The number of alkyl halides is 1. The Hall–Kier alpha value is -2.98. The van der Waals surface area contributed by atoms with Gasteiger partial charge in [0.25, 0.3) is 0 Å². The van der Waals surface area contributed by atoms with Crippen LogP contribution in [0.5, 0.6) is 0 Å². The summed E-state index contributed by atoms with van der Waals surface area (Å²) in [6, 6.07) is 4.92. The molecule has 0 bridgehead atoms.